The summed E-state index contributed by atoms with van der Waals surface area (Å²) in [4.78, 5) is 13.3. The monoisotopic (exact) mass is 397 g/mol. The number of benzene rings is 1. The van der Waals surface area contributed by atoms with E-state index < -0.39 is 0 Å². The smallest absolute Gasteiger partial charge is 0.227 e. The van der Waals surface area contributed by atoms with Crippen LogP contribution in [-0.2, 0) is 20.7 Å². The third kappa shape index (κ3) is 6.08. The number of amides is 1. The minimum atomic E-state index is -0.270. The maximum Gasteiger partial charge on any atom is 0.227 e. The Morgan fingerprint density at radius 2 is 1.97 bits per heavy atom. The molecule has 0 aromatic heterocycles. The molecule has 0 aliphatic carbocycles. The van der Waals surface area contributed by atoms with Crippen molar-refractivity contribution in [3.8, 4) is 0 Å². The fourth-order valence-corrected chi connectivity index (χ4v) is 3.73. The van der Waals surface area contributed by atoms with Crippen molar-refractivity contribution in [2.24, 2.45) is 17.8 Å². The lowest BCUT2D eigenvalue weighted by atomic mass is 9.77. The number of carbonyl (C=O) groups is 1. The Labute approximate surface area is 171 Å². The lowest BCUT2D eigenvalue weighted by molar-refractivity contribution is -0.128. The van der Waals surface area contributed by atoms with Gasteiger partial charge < -0.3 is 14.8 Å². The molecule has 3 atom stereocenters. The number of rotatable bonds is 8. The Bertz CT molecular complexity index is 808. The first kappa shape index (κ1) is 20.9. The zero-order valence-electron chi connectivity index (χ0n) is 16.9. The van der Waals surface area contributed by atoms with Crippen LogP contribution in [0.25, 0.3) is 0 Å². The highest BCUT2D eigenvalue weighted by Gasteiger charge is 2.35. The molecule has 0 saturated carbocycles. The number of halogens is 1. The van der Waals surface area contributed by atoms with Crippen molar-refractivity contribution in [3.63, 3.8) is 0 Å². The normalized spacial score (nSPS) is 19.9. The first-order chi connectivity index (χ1) is 14.0. The molecule has 2 aliphatic rings. The third-order valence-corrected chi connectivity index (χ3v) is 5.11. The molecule has 1 amide bonds. The highest BCUT2D eigenvalue weighted by Crippen LogP contribution is 2.31. The van der Waals surface area contributed by atoms with E-state index in [-0.39, 0.29) is 29.7 Å². The molecule has 154 valence electrons. The second-order valence-corrected chi connectivity index (χ2v) is 7.87. The predicted molar refractivity (Wildman–Crippen MR) is 111 cm³/mol. The first-order valence-electron chi connectivity index (χ1n) is 10.0. The Kier molecular flexibility index (Phi) is 7.28. The highest BCUT2D eigenvalue weighted by atomic mass is 19.1. The van der Waals surface area contributed by atoms with E-state index in [4.69, 9.17) is 9.47 Å². The number of hydrogen-bond donors (Lipinski definition) is 1. The lowest BCUT2D eigenvalue weighted by Gasteiger charge is -2.33. The maximum absolute atomic E-state index is 13.4. The zero-order valence-corrected chi connectivity index (χ0v) is 16.9. The molecule has 0 saturated heterocycles. The van der Waals surface area contributed by atoms with E-state index in [0.717, 1.165) is 17.7 Å². The van der Waals surface area contributed by atoms with Gasteiger partial charge in [0.15, 0.2) is 0 Å². The van der Waals surface area contributed by atoms with Gasteiger partial charge in [-0.25, -0.2) is 4.39 Å². The van der Waals surface area contributed by atoms with Crippen LogP contribution in [0.1, 0.15) is 25.8 Å². The number of ether oxygens (including phenoxy) is 2. The van der Waals surface area contributed by atoms with Crippen LogP contribution in [0.2, 0.25) is 0 Å². The standard InChI is InChI=1S/C24H28FNO3/c1-17(2)14-22(24(27)26-20-6-5-12-28-16-20)21(23-7-3-4-13-29-23)15-18-8-10-19(25)11-9-18/h3-13,17,21-23H,14-16H2,1-2H3,(H,26,27). The summed E-state index contributed by atoms with van der Waals surface area (Å²) in [6.07, 6.45) is 13.8. The number of carbonyl (C=O) groups excluding carboxylic acids is 1. The molecule has 0 fully saturated rings. The molecule has 0 radical (unpaired) electrons. The molecule has 1 N–H and O–H groups in total. The molecule has 3 rings (SSSR count). The van der Waals surface area contributed by atoms with Crippen molar-refractivity contribution in [3.05, 3.63) is 84.2 Å². The number of nitrogens with one attached hydrogen (secondary N) is 1. The van der Waals surface area contributed by atoms with Crippen molar-refractivity contribution in [1.29, 1.82) is 0 Å². The first-order valence-corrected chi connectivity index (χ1v) is 10.0. The van der Waals surface area contributed by atoms with E-state index in [2.05, 4.69) is 19.2 Å². The van der Waals surface area contributed by atoms with Crippen LogP contribution in [-0.4, -0.2) is 18.6 Å². The number of hydrogen-bond acceptors (Lipinski definition) is 3. The van der Waals surface area contributed by atoms with Crippen molar-refractivity contribution in [2.75, 3.05) is 6.61 Å². The van der Waals surface area contributed by atoms with Gasteiger partial charge in [0.05, 0.1) is 18.2 Å². The molecule has 1 aromatic rings. The summed E-state index contributed by atoms with van der Waals surface area (Å²) in [5.41, 5.74) is 1.72. The Morgan fingerprint density at radius 1 is 1.17 bits per heavy atom. The Hall–Kier alpha value is -2.82. The van der Waals surface area contributed by atoms with Crippen LogP contribution >= 0.6 is 0 Å². The molecule has 4 nitrogen and oxygen atoms in total. The molecular formula is C24H28FNO3. The molecule has 2 aliphatic heterocycles. The molecule has 0 bridgehead atoms. The summed E-state index contributed by atoms with van der Waals surface area (Å²) in [5.74, 6) is -0.336. The quantitative estimate of drug-likeness (QED) is 0.694. The van der Waals surface area contributed by atoms with Crippen LogP contribution in [0, 0.1) is 23.6 Å². The van der Waals surface area contributed by atoms with Gasteiger partial charge in [0.1, 0.15) is 18.5 Å². The minimum Gasteiger partial charge on any atom is -0.495 e. The minimum absolute atomic E-state index is 0.0393. The van der Waals surface area contributed by atoms with Crippen LogP contribution in [0.5, 0.6) is 0 Å². The molecule has 3 unspecified atom stereocenters. The zero-order chi connectivity index (χ0) is 20.6. The van der Waals surface area contributed by atoms with Gasteiger partial charge in [-0.15, -0.1) is 0 Å². The van der Waals surface area contributed by atoms with Gasteiger partial charge in [0.2, 0.25) is 5.91 Å². The molecule has 29 heavy (non-hydrogen) atoms. The van der Waals surface area contributed by atoms with Gasteiger partial charge >= 0.3 is 0 Å². The van der Waals surface area contributed by atoms with Crippen molar-refractivity contribution < 1.29 is 18.7 Å². The van der Waals surface area contributed by atoms with E-state index >= 15 is 0 Å². The summed E-state index contributed by atoms with van der Waals surface area (Å²) >= 11 is 0. The van der Waals surface area contributed by atoms with Crippen LogP contribution in [0.4, 0.5) is 4.39 Å². The molecule has 1 aromatic carbocycles. The van der Waals surface area contributed by atoms with E-state index in [1.165, 1.54) is 12.1 Å². The topological polar surface area (TPSA) is 47.6 Å². The van der Waals surface area contributed by atoms with Gasteiger partial charge in [-0.05, 0) is 60.8 Å². The SMILES string of the molecule is CC(C)CC(C(=O)NC1=CC=COC1)C(Cc1ccc(F)cc1)C1C=CC=CO1. The average molecular weight is 397 g/mol. The van der Waals surface area contributed by atoms with E-state index in [1.54, 1.807) is 30.7 Å². The Morgan fingerprint density at radius 3 is 2.59 bits per heavy atom. The van der Waals surface area contributed by atoms with E-state index in [0.29, 0.717) is 18.9 Å². The van der Waals surface area contributed by atoms with E-state index in [1.807, 2.05) is 24.3 Å². The number of allylic oxidation sites excluding steroid dienone is 4. The lowest BCUT2D eigenvalue weighted by Crippen LogP contribution is -2.41. The summed E-state index contributed by atoms with van der Waals surface area (Å²) in [6.45, 7) is 4.57. The molecule has 2 heterocycles. The molecule has 0 spiro atoms. The summed E-state index contributed by atoms with van der Waals surface area (Å²) < 4.78 is 24.5. The van der Waals surface area contributed by atoms with Crippen LogP contribution < -0.4 is 5.32 Å². The van der Waals surface area contributed by atoms with Gasteiger partial charge in [0, 0.05) is 11.8 Å². The summed E-state index contributed by atoms with van der Waals surface area (Å²) in [6, 6.07) is 6.46. The van der Waals surface area contributed by atoms with Crippen molar-refractivity contribution in [2.45, 2.75) is 32.8 Å². The second-order valence-electron chi connectivity index (χ2n) is 7.87. The average Bonchev–Trinajstić information content (AvgIpc) is 2.73. The van der Waals surface area contributed by atoms with Crippen LogP contribution in [0.15, 0.2) is 72.9 Å². The fourth-order valence-electron chi connectivity index (χ4n) is 3.73. The van der Waals surface area contributed by atoms with Gasteiger partial charge in [-0.1, -0.05) is 32.1 Å². The van der Waals surface area contributed by atoms with Gasteiger partial charge in [-0.2, -0.15) is 0 Å². The van der Waals surface area contributed by atoms with E-state index in [9.17, 15) is 9.18 Å². The second kappa shape index (κ2) is 10.1. The fraction of sp³-hybridized carbons (Fsp3) is 0.375. The Balaban J connectivity index is 1.86. The van der Waals surface area contributed by atoms with Crippen LogP contribution in [0.3, 0.4) is 0 Å². The highest BCUT2D eigenvalue weighted by molar-refractivity contribution is 5.81. The maximum atomic E-state index is 13.4. The summed E-state index contributed by atoms with van der Waals surface area (Å²) in [5, 5.41) is 3.03. The van der Waals surface area contributed by atoms with Crippen molar-refractivity contribution >= 4 is 5.91 Å². The third-order valence-electron chi connectivity index (χ3n) is 5.11. The molecular weight excluding hydrogens is 369 g/mol. The van der Waals surface area contributed by atoms with Gasteiger partial charge in [-0.3, -0.25) is 4.79 Å². The molecule has 5 heteroatoms. The largest absolute Gasteiger partial charge is 0.495 e. The van der Waals surface area contributed by atoms with Gasteiger partial charge in [0.25, 0.3) is 0 Å². The van der Waals surface area contributed by atoms with Crippen molar-refractivity contribution in [1.82, 2.24) is 5.32 Å². The summed E-state index contributed by atoms with van der Waals surface area (Å²) in [7, 11) is 0. The predicted octanol–water partition coefficient (Wildman–Crippen LogP) is 4.66.